The second-order valence-electron chi connectivity index (χ2n) is 10.0. The van der Waals surface area contributed by atoms with Crippen molar-refractivity contribution in [3.05, 3.63) is 102 Å². The third-order valence-corrected chi connectivity index (χ3v) is 7.37. The minimum atomic E-state index is -0.326. The largest absolute Gasteiger partial charge is 0.325 e. The summed E-state index contributed by atoms with van der Waals surface area (Å²) >= 11 is 0. The van der Waals surface area contributed by atoms with E-state index in [2.05, 4.69) is 49.6 Å². The average Bonchev–Trinajstić information content (AvgIpc) is 3.39. The van der Waals surface area contributed by atoms with Crippen LogP contribution in [0.1, 0.15) is 17.0 Å². The quantitative estimate of drug-likeness (QED) is 0.389. The number of nitrogens with one attached hydrogen (secondary N) is 1. The van der Waals surface area contributed by atoms with E-state index in [1.165, 1.54) is 11.6 Å². The molecule has 0 saturated carbocycles. The zero-order valence-electron chi connectivity index (χ0n) is 21.8. The number of nitrogens with zero attached hydrogens (tertiary/aromatic N) is 5. The second kappa shape index (κ2) is 11.3. The number of aryl methyl sites for hydroxylation is 2. The highest BCUT2D eigenvalue weighted by atomic mass is 19.1. The van der Waals surface area contributed by atoms with Gasteiger partial charge in [-0.3, -0.25) is 19.2 Å². The molecule has 0 unspecified atom stereocenters. The highest BCUT2D eigenvalue weighted by Gasteiger charge is 2.24. The third-order valence-electron chi connectivity index (χ3n) is 7.37. The highest BCUT2D eigenvalue weighted by Crippen LogP contribution is 2.32. The predicted molar refractivity (Wildman–Crippen MR) is 151 cm³/mol. The van der Waals surface area contributed by atoms with Gasteiger partial charge in [-0.2, -0.15) is 0 Å². The Balaban J connectivity index is 1.05. The van der Waals surface area contributed by atoms with Crippen molar-refractivity contribution < 1.29 is 9.18 Å². The van der Waals surface area contributed by atoms with Gasteiger partial charge in [0.1, 0.15) is 11.6 Å². The molecule has 6 rings (SSSR count). The van der Waals surface area contributed by atoms with Crippen LogP contribution < -0.4 is 5.32 Å². The fourth-order valence-electron chi connectivity index (χ4n) is 5.31. The molecule has 1 N–H and O–H groups in total. The number of piperazine rings is 1. The smallest absolute Gasteiger partial charge is 0.238 e. The maximum Gasteiger partial charge on any atom is 0.238 e. The Morgan fingerprint density at radius 2 is 1.67 bits per heavy atom. The van der Waals surface area contributed by atoms with Gasteiger partial charge in [0, 0.05) is 44.8 Å². The van der Waals surface area contributed by atoms with Crippen LogP contribution in [0.15, 0.2) is 78.9 Å². The second-order valence-corrected chi connectivity index (χ2v) is 10.0. The summed E-state index contributed by atoms with van der Waals surface area (Å²) in [7, 11) is 0. The van der Waals surface area contributed by atoms with Gasteiger partial charge in [0.2, 0.25) is 5.91 Å². The van der Waals surface area contributed by atoms with Crippen LogP contribution in [0.3, 0.4) is 0 Å². The molecule has 198 valence electrons. The number of fused-ring (bicyclic) bond motifs is 3. The number of hydrogen-bond donors (Lipinski definition) is 1. The van der Waals surface area contributed by atoms with Gasteiger partial charge in [0.25, 0.3) is 0 Å². The summed E-state index contributed by atoms with van der Waals surface area (Å²) in [4.78, 5) is 17.5. The summed E-state index contributed by atoms with van der Waals surface area (Å²) in [5.74, 6) is 0.969. The summed E-state index contributed by atoms with van der Waals surface area (Å²) < 4.78 is 16.4. The Hall–Kier alpha value is -4.14. The van der Waals surface area contributed by atoms with E-state index in [9.17, 15) is 9.18 Å². The fraction of sp³-hybridized carbons (Fsp3) is 0.258. The number of carbonyl (C=O) groups is 1. The van der Waals surface area contributed by atoms with Gasteiger partial charge in [-0.05, 0) is 47.9 Å². The zero-order chi connectivity index (χ0) is 26.6. The fourth-order valence-corrected chi connectivity index (χ4v) is 5.31. The summed E-state index contributed by atoms with van der Waals surface area (Å²) in [5, 5.41) is 11.7. The molecule has 8 heteroatoms. The minimum Gasteiger partial charge on any atom is -0.325 e. The number of halogens is 1. The van der Waals surface area contributed by atoms with Crippen molar-refractivity contribution in [2.75, 3.05) is 44.6 Å². The lowest BCUT2D eigenvalue weighted by molar-refractivity contribution is -0.117. The molecule has 2 aliphatic heterocycles. The van der Waals surface area contributed by atoms with Gasteiger partial charge in [-0.15, -0.1) is 10.2 Å². The number of aromatic nitrogens is 3. The Labute approximate surface area is 227 Å². The van der Waals surface area contributed by atoms with Crippen LogP contribution in [0.25, 0.3) is 23.2 Å². The lowest BCUT2D eigenvalue weighted by Crippen LogP contribution is -2.48. The van der Waals surface area contributed by atoms with Gasteiger partial charge in [0.05, 0.1) is 17.8 Å². The molecule has 0 bridgehead atoms. The molecule has 2 aliphatic rings. The van der Waals surface area contributed by atoms with Crippen molar-refractivity contribution in [2.45, 2.75) is 12.8 Å². The first-order chi connectivity index (χ1) is 19.1. The topological polar surface area (TPSA) is 66.3 Å². The monoisotopic (exact) mass is 522 g/mol. The van der Waals surface area contributed by atoms with Crippen molar-refractivity contribution in [1.29, 1.82) is 0 Å². The van der Waals surface area contributed by atoms with E-state index in [4.69, 9.17) is 0 Å². The molecule has 0 aliphatic carbocycles. The van der Waals surface area contributed by atoms with Crippen molar-refractivity contribution in [3.63, 3.8) is 0 Å². The summed E-state index contributed by atoms with van der Waals surface area (Å²) in [6.45, 7) is 4.90. The standard InChI is InChI=1S/C31H31FN6O/c32-27-11-5-4-10-26(27)31-35-34-29-15-12-24-21-25(13-14-28(24)38(29)31)33-30(39)22-37-19-17-36(18-20-37)16-6-9-23-7-2-1-3-8-23/h1-11,13-14,21H,12,15-20,22H2,(H,33,39)/b9-6+. The summed E-state index contributed by atoms with van der Waals surface area (Å²) in [6.07, 6.45) is 5.85. The number of rotatable bonds is 7. The molecule has 1 amide bonds. The van der Waals surface area contributed by atoms with E-state index in [0.717, 1.165) is 61.9 Å². The van der Waals surface area contributed by atoms with Gasteiger partial charge in [0.15, 0.2) is 5.82 Å². The van der Waals surface area contributed by atoms with E-state index in [1.54, 1.807) is 18.2 Å². The Kier molecular flexibility index (Phi) is 7.29. The molecular weight excluding hydrogens is 491 g/mol. The first kappa shape index (κ1) is 25.2. The van der Waals surface area contributed by atoms with Crippen LogP contribution in [0.2, 0.25) is 0 Å². The Morgan fingerprint density at radius 3 is 2.49 bits per heavy atom. The molecule has 1 aromatic heterocycles. The molecule has 7 nitrogen and oxygen atoms in total. The maximum atomic E-state index is 14.5. The molecule has 39 heavy (non-hydrogen) atoms. The molecular formula is C31H31FN6O. The van der Waals surface area contributed by atoms with Crippen molar-refractivity contribution in [3.8, 4) is 17.1 Å². The van der Waals surface area contributed by atoms with E-state index >= 15 is 0 Å². The zero-order valence-corrected chi connectivity index (χ0v) is 21.8. The maximum absolute atomic E-state index is 14.5. The number of hydrogen-bond acceptors (Lipinski definition) is 5. The van der Waals surface area contributed by atoms with Gasteiger partial charge in [-0.1, -0.05) is 54.6 Å². The van der Waals surface area contributed by atoms with Crippen LogP contribution in [0, 0.1) is 5.82 Å². The van der Waals surface area contributed by atoms with Crippen LogP contribution in [-0.2, 0) is 17.6 Å². The van der Waals surface area contributed by atoms with E-state index in [1.807, 2.05) is 41.0 Å². The summed E-state index contributed by atoms with van der Waals surface area (Å²) in [5.41, 5.74) is 4.41. The van der Waals surface area contributed by atoms with Crippen LogP contribution in [0.4, 0.5) is 10.1 Å². The molecule has 4 aromatic rings. The van der Waals surface area contributed by atoms with Gasteiger partial charge >= 0.3 is 0 Å². The summed E-state index contributed by atoms with van der Waals surface area (Å²) in [6, 6.07) is 22.8. The molecule has 0 radical (unpaired) electrons. The van der Waals surface area contributed by atoms with Crippen LogP contribution in [0.5, 0.6) is 0 Å². The van der Waals surface area contributed by atoms with Crippen molar-refractivity contribution in [1.82, 2.24) is 24.6 Å². The number of carbonyl (C=O) groups excluding carboxylic acids is 1. The average molecular weight is 523 g/mol. The van der Waals surface area contributed by atoms with E-state index in [-0.39, 0.29) is 11.7 Å². The van der Waals surface area contributed by atoms with Crippen LogP contribution >= 0.6 is 0 Å². The van der Waals surface area contributed by atoms with Gasteiger partial charge in [-0.25, -0.2) is 4.39 Å². The number of benzene rings is 3. The van der Waals surface area contributed by atoms with E-state index < -0.39 is 0 Å². The normalized spacial score (nSPS) is 15.7. The minimum absolute atomic E-state index is 0.0137. The third kappa shape index (κ3) is 5.67. The molecule has 0 spiro atoms. The molecule has 3 aromatic carbocycles. The number of anilines is 1. The Bertz CT molecular complexity index is 1490. The first-order valence-electron chi connectivity index (χ1n) is 13.4. The Morgan fingerprint density at radius 1 is 0.897 bits per heavy atom. The lowest BCUT2D eigenvalue weighted by Gasteiger charge is -2.33. The highest BCUT2D eigenvalue weighted by molar-refractivity contribution is 5.92. The molecule has 1 saturated heterocycles. The predicted octanol–water partition coefficient (Wildman–Crippen LogP) is 4.44. The van der Waals surface area contributed by atoms with Gasteiger partial charge < -0.3 is 5.32 Å². The number of amides is 1. The molecule has 3 heterocycles. The SMILES string of the molecule is O=C(CN1CCN(C/C=C/c2ccccc2)CC1)Nc1ccc2c(c1)CCc1nnc(-c3ccccc3F)n1-2. The molecule has 0 atom stereocenters. The van der Waals surface area contributed by atoms with Crippen molar-refractivity contribution >= 4 is 17.7 Å². The molecule has 1 fully saturated rings. The van der Waals surface area contributed by atoms with E-state index in [0.29, 0.717) is 24.4 Å². The first-order valence-corrected chi connectivity index (χ1v) is 13.4. The van der Waals surface area contributed by atoms with Crippen molar-refractivity contribution in [2.24, 2.45) is 0 Å². The van der Waals surface area contributed by atoms with Crippen LogP contribution in [-0.4, -0.2) is 69.7 Å². The lowest BCUT2D eigenvalue weighted by atomic mass is 10.0.